The molecule has 1 N–H and O–H groups in total. The van der Waals surface area contributed by atoms with Crippen LogP contribution in [-0.4, -0.2) is 47.8 Å². The van der Waals surface area contributed by atoms with Gasteiger partial charge in [0.05, 0.1) is 24.2 Å². The molecular formula is C13H16F2N2O5. The second-order valence-electron chi connectivity index (χ2n) is 4.95. The van der Waals surface area contributed by atoms with E-state index in [2.05, 4.69) is 4.74 Å². The van der Waals surface area contributed by atoms with Crippen LogP contribution < -0.4 is 9.47 Å². The molecule has 1 atom stereocenters. The summed E-state index contributed by atoms with van der Waals surface area (Å²) in [6, 6.07) is 2.26. The van der Waals surface area contributed by atoms with E-state index in [-0.39, 0.29) is 23.7 Å². The molecule has 122 valence electrons. The van der Waals surface area contributed by atoms with Crippen LogP contribution in [-0.2, 0) is 6.54 Å². The van der Waals surface area contributed by atoms with Crippen LogP contribution in [0.5, 0.6) is 11.5 Å². The van der Waals surface area contributed by atoms with Crippen molar-refractivity contribution in [3.63, 3.8) is 0 Å². The number of hydrogen-bond acceptors (Lipinski definition) is 6. The quantitative estimate of drug-likeness (QED) is 0.635. The van der Waals surface area contributed by atoms with Crippen molar-refractivity contribution in [2.75, 3.05) is 20.2 Å². The summed E-state index contributed by atoms with van der Waals surface area (Å²) in [7, 11) is 1.27. The van der Waals surface area contributed by atoms with Gasteiger partial charge in [-0.25, -0.2) is 0 Å². The summed E-state index contributed by atoms with van der Waals surface area (Å²) < 4.78 is 33.9. The highest BCUT2D eigenvalue weighted by atomic mass is 19.3. The molecule has 1 aromatic rings. The Hall–Kier alpha value is -2.00. The van der Waals surface area contributed by atoms with Gasteiger partial charge in [0.2, 0.25) is 0 Å². The van der Waals surface area contributed by atoms with E-state index in [0.717, 1.165) is 6.07 Å². The number of alkyl halides is 2. The molecule has 1 aromatic carbocycles. The molecule has 1 saturated heterocycles. The number of ether oxygens (including phenoxy) is 2. The highest BCUT2D eigenvalue weighted by Gasteiger charge is 2.26. The maximum Gasteiger partial charge on any atom is 0.387 e. The molecular weight excluding hydrogens is 302 g/mol. The second-order valence-corrected chi connectivity index (χ2v) is 4.95. The van der Waals surface area contributed by atoms with Crippen LogP contribution in [0.15, 0.2) is 12.1 Å². The van der Waals surface area contributed by atoms with Crippen molar-refractivity contribution in [2.45, 2.75) is 25.7 Å². The van der Waals surface area contributed by atoms with Crippen LogP contribution in [0.2, 0.25) is 0 Å². The Kier molecular flexibility index (Phi) is 5.09. The van der Waals surface area contributed by atoms with Crippen LogP contribution in [0.4, 0.5) is 14.5 Å². The Morgan fingerprint density at radius 2 is 2.23 bits per heavy atom. The molecule has 7 nitrogen and oxygen atoms in total. The number of rotatable bonds is 6. The SMILES string of the molecule is COc1cc(CN2CC[C@H](O)C2)c([N+](=O)[O-])cc1OC(F)F. The zero-order chi connectivity index (χ0) is 16.3. The lowest BCUT2D eigenvalue weighted by atomic mass is 10.1. The highest BCUT2D eigenvalue weighted by Crippen LogP contribution is 2.36. The van der Waals surface area contributed by atoms with E-state index in [1.807, 2.05) is 4.90 Å². The fourth-order valence-electron chi connectivity index (χ4n) is 2.43. The van der Waals surface area contributed by atoms with E-state index in [1.54, 1.807) is 0 Å². The minimum absolute atomic E-state index is 0.000598. The first-order chi connectivity index (χ1) is 10.4. The molecule has 2 rings (SSSR count). The zero-order valence-corrected chi connectivity index (χ0v) is 11.9. The predicted molar refractivity (Wildman–Crippen MR) is 72.2 cm³/mol. The van der Waals surface area contributed by atoms with Crippen molar-refractivity contribution in [3.8, 4) is 11.5 Å². The third kappa shape index (κ3) is 3.80. The predicted octanol–water partition coefficient (Wildman–Crippen LogP) is 1.77. The van der Waals surface area contributed by atoms with E-state index in [9.17, 15) is 24.0 Å². The van der Waals surface area contributed by atoms with Crippen LogP contribution in [0.3, 0.4) is 0 Å². The van der Waals surface area contributed by atoms with Crippen molar-refractivity contribution in [2.24, 2.45) is 0 Å². The fourth-order valence-corrected chi connectivity index (χ4v) is 2.43. The number of nitro groups is 1. The van der Waals surface area contributed by atoms with Gasteiger partial charge < -0.3 is 14.6 Å². The maximum atomic E-state index is 12.4. The van der Waals surface area contributed by atoms with E-state index >= 15 is 0 Å². The summed E-state index contributed by atoms with van der Waals surface area (Å²) in [6.45, 7) is -1.86. The van der Waals surface area contributed by atoms with Gasteiger partial charge in [0.1, 0.15) is 0 Å². The summed E-state index contributed by atoms with van der Waals surface area (Å²) in [4.78, 5) is 12.3. The van der Waals surface area contributed by atoms with Gasteiger partial charge in [-0.15, -0.1) is 0 Å². The molecule has 0 spiro atoms. The van der Waals surface area contributed by atoms with E-state index in [0.29, 0.717) is 25.1 Å². The molecule has 0 unspecified atom stereocenters. The summed E-state index contributed by atoms with van der Waals surface area (Å²) in [5, 5.41) is 20.6. The lowest BCUT2D eigenvalue weighted by molar-refractivity contribution is -0.385. The van der Waals surface area contributed by atoms with Gasteiger partial charge in [-0.05, 0) is 12.5 Å². The molecule has 0 amide bonds. The third-order valence-corrected chi connectivity index (χ3v) is 3.42. The molecule has 0 aliphatic carbocycles. The van der Waals surface area contributed by atoms with E-state index < -0.39 is 17.6 Å². The average molecular weight is 318 g/mol. The number of nitrogens with zero attached hydrogens (tertiary/aromatic N) is 2. The monoisotopic (exact) mass is 318 g/mol. The average Bonchev–Trinajstić information content (AvgIpc) is 2.84. The van der Waals surface area contributed by atoms with Gasteiger partial charge in [-0.3, -0.25) is 15.0 Å². The Morgan fingerprint density at radius 1 is 1.50 bits per heavy atom. The van der Waals surface area contributed by atoms with Gasteiger partial charge >= 0.3 is 6.61 Å². The summed E-state index contributed by atoms with van der Waals surface area (Å²) >= 11 is 0. The van der Waals surface area contributed by atoms with Crippen LogP contribution in [0.1, 0.15) is 12.0 Å². The normalized spacial score (nSPS) is 18.7. The van der Waals surface area contributed by atoms with Crippen molar-refractivity contribution in [1.82, 2.24) is 4.90 Å². The van der Waals surface area contributed by atoms with Crippen molar-refractivity contribution >= 4 is 5.69 Å². The Balaban J connectivity index is 2.32. The molecule has 9 heteroatoms. The van der Waals surface area contributed by atoms with Gasteiger partial charge in [-0.1, -0.05) is 0 Å². The molecule has 0 radical (unpaired) electrons. The summed E-state index contributed by atoms with van der Waals surface area (Å²) in [5.74, 6) is -0.380. The zero-order valence-electron chi connectivity index (χ0n) is 11.9. The maximum absolute atomic E-state index is 12.4. The first-order valence-electron chi connectivity index (χ1n) is 6.61. The minimum Gasteiger partial charge on any atom is -0.493 e. The second kappa shape index (κ2) is 6.84. The van der Waals surface area contributed by atoms with Gasteiger partial charge in [0.25, 0.3) is 5.69 Å². The number of β-amino-alcohol motifs (C(OH)–C–C–N with tert-alkyl or cyclic N) is 1. The number of likely N-dealkylation sites (tertiary alicyclic amines) is 1. The van der Waals surface area contributed by atoms with Crippen molar-refractivity contribution in [3.05, 3.63) is 27.8 Å². The summed E-state index contributed by atoms with van der Waals surface area (Å²) in [5.41, 5.74) is -0.00425. The lowest BCUT2D eigenvalue weighted by Crippen LogP contribution is -2.22. The molecule has 1 heterocycles. The summed E-state index contributed by atoms with van der Waals surface area (Å²) in [6.07, 6.45) is 0.139. The molecule has 0 bridgehead atoms. The molecule has 22 heavy (non-hydrogen) atoms. The number of methoxy groups -OCH3 is 1. The number of hydrogen-bond donors (Lipinski definition) is 1. The van der Waals surface area contributed by atoms with Gasteiger partial charge in [-0.2, -0.15) is 8.78 Å². The standard InChI is InChI=1S/C13H16F2N2O5/c1-21-11-4-8(6-16-3-2-9(18)7-16)10(17(19)20)5-12(11)22-13(14)15/h4-5,9,13,18H,2-3,6-7H2,1H3/t9-/m0/s1. The molecule has 1 fully saturated rings. The smallest absolute Gasteiger partial charge is 0.387 e. The number of nitro benzene ring substituents is 1. The molecule has 1 aliphatic rings. The van der Waals surface area contributed by atoms with E-state index in [4.69, 9.17) is 4.74 Å². The number of aliphatic hydroxyl groups excluding tert-OH is 1. The highest BCUT2D eigenvalue weighted by molar-refractivity contribution is 5.54. The van der Waals surface area contributed by atoms with Crippen LogP contribution >= 0.6 is 0 Å². The lowest BCUT2D eigenvalue weighted by Gasteiger charge is -2.17. The van der Waals surface area contributed by atoms with Crippen molar-refractivity contribution < 1.29 is 28.3 Å². The topological polar surface area (TPSA) is 85.1 Å². The first kappa shape index (κ1) is 16.4. The molecule has 1 aliphatic heterocycles. The van der Waals surface area contributed by atoms with E-state index in [1.165, 1.54) is 13.2 Å². The Bertz CT molecular complexity index is 555. The first-order valence-corrected chi connectivity index (χ1v) is 6.61. The van der Waals surface area contributed by atoms with Gasteiger partial charge in [0.15, 0.2) is 11.5 Å². The Labute approximate surface area is 125 Å². The molecule has 0 saturated carbocycles. The fraction of sp³-hybridized carbons (Fsp3) is 0.538. The third-order valence-electron chi connectivity index (χ3n) is 3.42. The van der Waals surface area contributed by atoms with Crippen molar-refractivity contribution in [1.29, 1.82) is 0 Å². The van der Waals surface area contributed by atoms with Crippen LogP contribution in [0, 0.1) is 10.1 Å². The largest absolute Gasteiger partial charge is 0.493 e. The molecule has 0 aromatic heterocycles. The van der Waals surface area contributed by atoms with Gasteiger partial charge in [0, 0.05) is 25.2 Å². The number of aliphatic hydroxyl groups is 1. The number of benzene rings is 1. The van der Waals surface area contributed by atoms with Crippen LogP contribution in [0.25, 0.3) is 0 Å². The Morgan fingerprint density at radius 3 is 2.73 bits per heavy atom. The number of halogens is 2. The minimum atomic E-state index is -3.10.